The van der Waals surface area contributed by atoms with E-state index in [1.807, 2.05) is 5.32 Å². The van der Waals surface area contributed by atoms with Gasteiger partial charge < -0.3 is 98.6 Å². The van der Waals surface area contributed by atoms with Crippen molar-refractivity contribution in [3.63, 3.8) is 0 Å². The van der Waals surface area contributed by atoms with Crippen LogP contribution in [0.25, 0.3) is 22.1 Å². The number of carbonyl (C=O) groups is 6. The molecule has 4 aliphatic rings. The molecule has 116 heavy (non-hydrogen) atoms. The number of fused-ring (bicyclic) bond motifs is 6. The number of amides is 1. The number of halogens is 16. The number of imidazole rings is 2. The van der Waals surface area contributed by atoms with Crippen LogP contribution in [0.3, 0.4) is 0 Å². The number of nitrogens with one attached hydrogen (secondary N) is 3. The fraction of sp³-hybridized carbons (Fsp3) is 0.211. The van der Waals surface area contributed by atoms with Crippen molar-refractivity contribution < 1.29 is 186 Å². The van der Waals surface area contributed by atoms with Crippen molar-refractivity contribution in [2.75, 3.05) is 43.0 Å². The number of aromatic carboxylic acids is 1. The van der Waals surface area contributed by atoms with Crippen LogP contribution >= 0.6 is 0 Å². The molecule has 0 aliphatic carbocycles. The number of aliphatic carboxylic acids is 1. The summed E-state index contributed by atoms with van der Waals surface area (Å²) in [4.78, 5) is 73.9. The number of alkyl halides is 16. The molecule has 8 aromatic carbocycles. The number of anilines is 4. The number of nitrogens with zero attached hydrogens (tertiary/aromatic N) is 4. The zero-order valence-corrected chi connectivity index (χ0v) is 59.2. The number of benzene rings is 8. The Bertz CT molecular complexity index is 5340. The molecule has 2 aromatic heterocycles. The molecular formula is C71H53F16LiN8O20. The Hall–Kier alpha value is -13.2. The average molecular weight is 1650 g/mol. The van der Waals surface area contributed by atoms with E-state index in [0.29, 0.717) is 33.6 Å². The molecule has 45 heteroatoms. The smallest absolute Gasteiger partial charge is 0.870 e. The molecule has 1 amide bonds. The monoisotopic (exact) mass is 1650 g/mol. The predicted molar refractivity (Wildman–Crippen MR) is 361 cm³/mol. The van der Waals surface area contributed by atoms with Crippen LogP contribution in [-0.4, -0.2) is 130 Å². The Kier molecular flexibility index (Phi) is 27.6. The number of nitrogens with two attached hydrogens (primary N) is 1. The van der Waals surface area contributed by atoms with Gasteiger partial charge in [-0.25, -0.2) is 51.5 Å². The van der Waals surface area contributed by atoms with Crippen LogP contribution < -0.4 is 78.4 Å². The summed E-state index contributed by atoms with van der Waals surface area (Å²) in [5.74, 6) is -9.14. The third-order valence-corrected chi connectivity index (χ3v) is 15.8. The van der Waals surface area contributed by atoms with Gasteiger partial charge in [-0.1, -0.05) is 48.5 Å². The Morgan fingerprint density at radius 1 is 0.440 bits per heavy atom. The number of ether oxygens (including phenoxy) is 11. The minimum atomic E-state index is -3.84. The van der Waals surface area contributed by atoms with E-state index in [0.717, 1.165) is 17.7 Å². The van der Waals surface area contributed by atoms with Crippen molar-refractivity contribution in [3.05, 3.63) is 202 Å². The standard InChI is InChI=1S/C18H14F4N2O5.C18H12F4N2O4.C17H10F4N2O4.C16H14F2N2O4.C2H2F2O2.Li.H2O/c1-27-17(26)9-5-6-11(12(7-9)24-16(25)15(19)20)23-8-10-3-2-4-13-14(10)29-18(21,22)28-13;1-26-17(25)9-5-6-12-11(7-9)23-16(15(19)20)24(12)8-10-3-2-4-13-14(10)28-18(21,22)27-13;18-14(19)15-22-10-6-8(16(24)25)4-5-11(10)23(15)7-9-2-1-3-12-13(9)27-17(20,21)26-12;1-22-15(21)9-5-6-12(11(19)7-9)20-8-10-3-2-4-13-14(10)24-16(17,18)23-13;3-1(4)2(5)6;;/h2-7,15,23H,8H2,1H3,(H,24,25);2-7,15H,8H2,1H3;1-6,14H,7H2,(H,24,25);2-7,20H,8,19H2,1H3;1H,(H,5,6);;1H2/q;;;;;+1;/p-1. The molecule has 10 aromatic rings. The zero-order chi connectivity index (χ0) is 83.1. The van der Waals surface area contributed by atoms with Gasteiger partial charge in [0.25, 0.3) is 18.8 Å². The van der Waals surface area contributed by atoms with Crippen molar-refractivity contribution in [1.82, 2.24) is 19.1 Å². The third-order valence-electron chi connectivity index (χ3n) is 15.8. The maximum absolute atomic E-state index is 13.5. The molecule has 4 aliphatic heterocycles. The van der Waals surface area contributed by atoms with Gasteiger partial charge >= 0.3 is 86.7 Å². The first kappa shape index (κ1) is 88.3. The Labute approximate surface area is 650 Å². The molecule has 0 spiro atoms. The topological polar surface area (TPSA) is 372 Å². The fourth-order valence-corrected chi connectivity index (χ4v) is 10.9. The number of carboxylic acid groups (broad SMARTS) is 2. The minimum absolute atomic E-state index is 0. The quantitative estimate of drug-likeness (QED) is 0.0144. The number of hydrogen-bond donors (Lipinski definition) is 6. The van der Waals surface area contributed by atoms with Crippen LogP contribution in [-0.2, 0) is 50.0 Å². The minimum Gasteiger partial charge on any atom is -0.870 e. The van der Waals surface area contributed by atoms with Crippen LogP contribution in [0.1, 0.15) is 88.2 Å². The number of carboxylic acids is 2. The summed E-state index contributed by atoms with van der Waals surface area (Å²) in [5, 5.41) is 24.1. The molecular weight excluding hydrogens is 1600 g/mol. The summed E-state index contributed by atoms with van der Waals surface area (Å²) in [6.07, 6.45) is -27.5. The molecule has 8 N–H and O–H groups in total. The summed E-state index contributed by atoms with van der Waals surface area (Å²) in [5.41, 5.74) is 9.10. The van der Waals surface area contributed by atoms with Gasteiger partial charge in [-0.05, 0) is 97.1 Å². The van der Waals surface area contributed by atoms with E-state index >= 15 is 0 Å². The summed E-state index contributed by atoms with van der Waals surface area (Å²) in [7, 11) is 3.61. The molecule has 6 heterocycles. The van der Waals surface area contributed by atoms with E-state index in [1.165, 1.54) is 134 Å². The molecule has 14 rings (SSSR count). The van der Waals surface area contributed by atoms with E-state index in [-0.39, 0.29) is 152 Å². The molecule has 0 radical (unpaired) electrons. The summed E-state index contributed by atoms with van der Waals surface area (Å²) >= 11 is 0. The number of carbonyl (C=O) groups excluding carboxylic acids is 4. The molecule has 0 unspecified atom stereocenters. The summed E-state index contributed by atoms with van der Waals surface area (Å²) in [6, 6.07) is 33.7. The second-order valence-corrected chi connectivity index (χ2v) is 23.2. The van der Waals surface area contributed by atoms with Crippen LogP contribution in [0.4, 0.5) is 93.0 Å². The van der Waals surface area contributed by atoms with E-state index in [9.17, 15) is 94.2 Å². The van der Waals surface area contributed by atoms with E-state index in [2.05, 4.69) is 72.7 Å². The molecule has 610 valence electrons. The molecule has 0 fully saturated rings. The Morgan fingerprint density at radius 3 is 1.12 bits per heavy atom. The first-order valence-electron chi connectivity index (χ1n) is 31.9. The number of para-hydroxylation sites is 4. The molecule has 0 atom stereocenters. The second-order valence-electron chi connectivity index (χ2n) is 23.2. The van der Waals surface area contributed by atoms with Crippen molar-refractivity contribution in [3.8, 4) is 46.0 Å². The Balaban J connectivity index is 0.000000188. The summed E-state index contributed by atoms with van der Waals surface area (Å²) in [6.45, 7) is -0.344. The second kappa shape index (κ2) is 36.3. The number of methoxy groups -OCH3 is 3. The van der Waals surface area contributed by atoms with Gasteiger partial charge in [-0.2, -0.15) is 17.6 Å². The Morgan fingerprint density at radius 2 is 0.767 bits per heavy atom. The molecule has 28 nitrogen and oxygen atoms in total. The molecule has 0 saturated heterocycles. The predicted octanol–water partition coefficient (Wildman–Crippen LogP) is 11.9. The van der Waals surface area contributed by atoms with Gasteiger partial charge in [-0.3, -0.25) is 4.79 Å². The van der Waals surface area contributed by atoms with Crippen LogP contribution in [0.2, 0.25) is 0 Å². The maximum atomic E-state index is 13.5. The summed E-state index contributed by atoms with van der Waals surface area (Å²) < 4.78 is 258. The van der Waals surface area contributed by atoms with Gasteiger partial charge in [0.15, 0.2) is 57.6 Å². The largest absolute Gasteiger partial charge is 1.00 e. The number of rotatable bonds is 19. The van der Waals surface area contributed by atoms with Crippen molar-refractivity contribution in [1.29, 1.82) is 0 Å². The first-order valence-corrected chi connectivity index (χ1v) is 31.9. The van der Waals surface area contributed by atoms with E-state index in [1.54, 1.807) is 24.3 Å². The normalized spacial score (nSPS) is 13.9. The van der Waals surface area contributed by atoms with Crippen molar-refractivity contribution in [2.24, 2.45) is 0 Å². The van der Waals surface area contributed by atoms with Gasteiger partial charge in [0.05, 0.1) is 101 Å². The van der Waals surface area contributed by atoms with Crippen LogP contribution in [0, 0.1) is 0 Å². The SMILES string of the molecule is COC(=O)c1ccc(NCc2cccc3c2OC(F)(F)O3)c(N)c1.COC(=O)c1ccc(NCc2cccc3c2OC(F)(F)O3)c(NC(=O)C(F)F)c1.COC(=O)c1ccc2c(c1)nc(C(F)F)n2Cc1cccc2c1OC(F)(F)O2.O=C(O)C(F)F.O=C(O)c1ccc2c(c1)nc(C(F)F)n2Cc1cccc2c1OC(F)(F)O2.[Li+].[OH-]. The van der Waals surface area contributed by atoms with Gasteiger partial charge in [0.1, 0.15) is 0 Å². The van der Waals surface area contributed by atoms with Crippen molar-refractivity contribution >= 4 is 80.6 Å². The van der Waals surface area contributed by atoms with Gasteiger partial charge in [0, 0.05) is 35.3 Å². The average Bonchev–Trinajstić information content (AvgIpc) is 1.61. The van der Waals surface area contributed by atoms with Gasteiger partial charge in [0.2, 0.25) is 0 Å². The number of esters is 3. The van der Waals surface area contributed by atoms with Crippen LogP contribution in [0.5, 0.6) is 46.0 Å². The van der Waals surface area contributed by atoms with E-state index < -0.39 is 98.3 Å². The zero-order valence-electron chi connectivity index (χ0n) is 59.2. The van der Waals surface area contributed by atoms with Gasteiger partial charge in [-0.15, -0.1) is 35.1 Å². The third kappa shape index (κ3) is 21.0. The first-order chi connectivity index (χ1) is 53.8. The molecule has 0 bridgehead atoms. The van der Waals surface area contributed by atoms with Crippen molar-refractivity contribution in [2.45, 2.75) is 77.1 Å². The maximum Gasteiger partial charge on any atom is 1.00 e. The van der Waals surface area contributed by atoms with Crippen LogP contribution in [0.15, 0.2) is 146 Å². The number of hydrogen-bond acceptors (Lipinski definition) is 23. The number of aromatic nitrogens is 4. The van der Waals surface area contributed by atoms with E-state index in [4.69, 9.17) is 20.7 Å². The number of nitrogen functional groups attached to an aromatic ring is 1. The molecule has 0 saturated carbocycles. The fourth-order valence-electron chi connectivity index (χ4n) is 10.9.